The van der Waals surface area contributed by atoms with E-state index in [1.165, 1.54) is 13.2 Å². The fourth-order valence-electron chi connectivity index (χ4n) is 1.93. The molecule has 21 heavy (non-hydrogen) atoms. The van der Waals surface area contributed by atoms with Crippen molar-refractivity contribution < 1.29 is 17.9 Å². The smallest absolute Gasteiger partial charge is 0.306 e. The number of para-hydroxylation sites is 1. The lowest BCUT2D eigenvalue weighted by Gasteiger charge is -2.09. The zero-order chi connectivity index (χ0) is 15.5. The van der Waals surface area contributed by atoms with Crippen LogP contribution in [-0.2, 0) is 19.6 Å². The molecule has 0 bridgehead atoms. The molecular formula is C14H16N2O4S. The first-order chi connectivity index (χ1) is 9.94. The van der Waals surface area contributed by atoms with Crippen molar-refractivity contribution in [2.45, 2.75) is 18.2 Å². The van der Waals surface area contributed by atoms with Crippen molar-refractivity contribution in [3.63, 3.8) is 0 Å². The molecule has 6 nitrogen and oxygen atoms in total. The van der Waals surface area contributed by atoms with E-state index in [-0.39, 0.29) is 17.9 Å². The second-order valence-corrected chi connectivity index (χ2v) is 6.30. The Morgan fingerprint density at radius 2 is 2.14 bits per heavy atom. The summed E-state index contributed by atoms with van der Waals surface area (Å²) in [6.07, 6.45) is 1.60. The average molecular weight is 308 g/mol. The van der Waals surface area contributed by atoms with Gasteiger partial charge in [0.05, 0.1) is 19.0 Å². The summed E-state index contributed by atoms with van der Waals surface area (Å²) in [4.78, 5) is 15.3. The Labute approximate surface area is 123 Å². The number of benzene rings is 1. The number of nitrogens with zero attached hydrogens (tertiary/aromatic N) is 1. The Balaban J connectivity index is 2.30. The first-order valence-corrected chi connectivity index (χ1v) is 7.84. The van der Waals surface area contributed by atoms with E-state index >= 15 is 0 Å². The molecule has 0 amide bonds. The summed E-state index contributed by atoms with van der Waals surface area (Å²) in [5, 5.41) is 0.755. The van der Waals surface area contributed by atoms with E-state index in [9.17, 15) is 13.2 Å². The van der Waals surface area contributed by atoms with Crippen LogP contribution in [0.5, 0.6) is 0 Å². The van der Waals surface area contributed by atoms with Gasteiger partial charge in [-0.05, 0) is 24.6 Å². The van der Waals surface area contributed by atoms with Crippen LogP contribution in [-0.4, -0.2) is 33.0 Å². The van der Waals surface area contributed by atoms with E-state index in [1.807, 2.05) is 19.1 Å². The number of esters is 1. The number of rotatable bonds is 5. The average Bonchev–Trinajstić information content (AvgIpc) is 2.45. The molecule has 0 aliphatic heterocycles. The molecule has 0 atom stereocenters. The third kappa shape index (κ3) is 3.56. The molecule has 0 saturated carbocycles. The predicted octanol–water partition coefficient (Wildman–Crippen LogP) is 1.38. The van der Waals surface area contributed by atoms with Crippen LogP contribution in [0.15, 0.2) is 35.4 Å². The molecule has 1 heterocycles. The van der Waals surface area contributed by atoms with E-state index < -0.39 is 16.0 Å². The van der Waals surface area contributed by atoms with E-state index in [4.69, 9.17) is 0 Å². The minimum atomic E-state index is -3.72. The molecule has 1 N–H and O–H groups in total. The first kappa shape index (κ1) is 15.4. The van der Waals surface area contributed by atoms with Crippen LogP contribution in [0.4, 0.5) is 0 Å². The largest absolute Gasteiger partial charge is 0.469 e. The van der Waals surface area contributed by atoms with Crippen LogP contribution in [0.2, 0.25) is 0 Å². The normalized spacial score (nSPS) is 11.5. The van der Waals surface area contributed by atoms with Crippen LogP contribution in [0.3, 0.4) is 0 Å². The van der Waals surface area contributed by atoms with Crippen LogP contribution < -0.4 is 4.72 Å². The molecule has 0 fully saturated rings. The third-order valence-electron chi connectivity index (χ3n) is 2.95. The van der Waals surface area contributed by atoms with Crippen LogP contribution in [0.1, 0.15) is 12.0 Å². The van der Waals surface area contributed by atoms with Crippen molar-refractivity contribution in [3.8, 4) is 0 Å². The number of sulfonamides is 1. The zero-order valence-electron chi connectivity index (χ0n) is 11.8. The summed E-state index contributed by atoms with van der Waals surface area (Å²) in [7, 11) is -2.47. The highest BCUT2D eigenvalue weighted by molar-refractivity contribution is 7.89. The Bertz CT molecular complexity index is 772. The fourth-order valence-corrected chi connectivity index (χ4v) is 3.14. The number of hydrogen-bond donors (Lipinski definition) is 1. The highest BCUT2D eigenvalue weighted by atomic mass is 32.2. The second kappa shape index (κ2) is 6.19. The number of carbonyl (C=O) groups is 1. The minimum Gasteiger partial charge on any atom is -0.469 e. The highest BCUT2D eigenvalue weighted by Gasteiger charge is 2.18. The summed E-state index contributed by atoms with van der Waals surface area (Å²) in [5.41, 5.74) is 1.37. The summed E-state index contributed by atoms with van der Waals surface area (Å²) in [6, 6.07) is 6.84. The molecule has 2 aromatic rings. The van der Waals surface area contributed by atoms with Crippen molar-refractivity contribution in [1.29, 1.82) is 0 Å². The van der Waals surface area contributed by atoms with Gasteiger partial charge in [0.15, 0.2) is 0 Å². The van der Waals surface area contributed by atoms with Crippen molar-refractivity contribution in [2.24, 2.45) is 0 Å². The van der Waals surface area contributed by atoms with E-state index in [0.29, 0.717) is 5.52 Å². The maximum absolute atomic E-state index is 12.3. The number of carbonyl (C=O) groups excluding carboxylic acids is 1. The van der Waals surface area contributed by atoms with Gasteiger partial charge in [0.1, 0.15) is 4.90 Å². The lowest BCUT2D eigenvalue weighted by atomic mass is 10.2. The van der Waals surface area contributed by atoms with E-state index in [1.54, 1.807) is 12.3 Å². The second-order valence-electron chi connectivity index (χ2n) is 4.56. The Morgan fingerprint density at radius 1 is 1.38 bits per heavy atom. The number of nitrogens with one attached hydrogen (secondary N) is 1. The van der Waals surface area contributed by atoms with Crippen molar-refractivity contribution >= 4 is 26.9 Å². The number of methoxy groups -OCH3 is 1. The van der Waals surface area contributed by atoms with Gasteiger partial charge in [0.25, 0.3) is 0 Å². The molecule has 0 spiro atoms. The molecule has 112 valence electrons. The van der Waals surface area contributed by atoms with Gasteiger partial charge in [-0.15, -0.1) is 0 Å². The number of fused-ring (bicyclic) bond motifs is 1. The highest BCUT2D eigenvalue weighted by Crippen LogP contribution is 2.21. The van der Waals surface area contributed by atoms with Crippen molar-refractivity contribution in [3.05, 3.63) is 36.0 Å². The molecule has 0 aliphatic carbocycles. The fraction of sp³-hybridized carbons (Fsp3) is 0.286. The van der Waals surface area contributed by atoms with Crippen LogP contribution in [0, 0.1) is 6.92 Å². The van der Waals surface area contributed by atoms with Crippen LogP contribution >= 0.6 is 0 Å². The van der Waals surface area contributed by atoms with Gasteiger partial charge in [0, 0.05) is 18.1 Å². The van der Waals surface area contributed by atoms with Gasteiger partial charge >= 0.3 is 5.97 Å². The predicted molar refractivity (Wildman–Crippen MR) is 78.3 cm³/mol. The molecule has 0 saturated heterocycles. The van der Waals surface area contributed by atoms with Crippen molar-refractivity contribution in [1.82, 2.24) is 9.71 Å². The van der Waals surface area contributed by atoms with Gasteiger partial charge in [-0.25, -0.2) is 13.1 Å². The molecule has 0 radical (unpaired) electrons. The Morgan fingerprint density at radius 3 is 2.86 bits per heavy atom. The first-order valence-electron chi connectivity index (χ1n) is 6.36. The van der Waals surface area contributed by atoms with E-state index in [0.717, 1.165) is 10.9 Å². The molecule has 2 rings (SSSR count). The Kier molecular flexibility index (Phi) is 4.54. The zero-order valence-corrected chi connectivity index (χ0v) is 12.6. The standard InChI is InChI=1S/C14H16N2O4S/c1-10-8-11-4-3-5-12(14(11)15-9-10)21(18,19)16-7-6-13(17)20-2/h3-5,8-9,16H,6-7H2,1-2H3. The van der Waals surface area contributed by atoms with Gasteiger partial charge in [-0.1, -0.05) is 12.1 Å². The number of pyridine rings is 1. The van der Waals surface area contributed by atoms with Gasteiger partial charge < -0.3 is 4.74 Å². The number of aromatic nitrogens is 1. The maximum atomic E-state index is 12.3. The summed E-state index contributed by atoms with van der Waals surface area (Å²) in [5.74, 6) is -0.468. The van der Waals surface area contributed by atoms with Gasteiger partial charge in [0.2, 0.25) is 10.0 Å². The molecular weight excluding hydrogens is 292 g/mol. The number of ether oxygens (including phenoxy) is 1. The third-order valence-corrected chi connectivity index (χ3v) is 4.44. The maximum Gasteiger partial charge on any atom is 0.306 e. The SMILES string of the molecule is COC(=O)CCNS(=O)(=O)c1cccc2cc(C)cnc12. The summed E-state index contributed by atoms with van der Waals surface area (Å²) in [6.45, 7) is 1.87. The summed E-state index contributed by atoms with van der Waals surface area (Å²) >= 11 is 0. The molecule has 0 unspecified atom stereocenters. The molecule has 1 aromatic carbocycles. The molecule has 1 aromatic heterocycles. The number of aryl methyl sites for hydroxylation is 1. The Hall–Kier alpha value is -1.99. The molecule has 7 heteroatoms. The van der Waals surface area contributed by atoms with Crippen LogP contribution in [0.25, 0.3) is 10.9 Å². The van der Waals surface area contributed by atoms with Gasteiger partial charge in [-0.3, -0.25) is 9.78 Å². The monoisotopic (exact) mass is 308 g/mol. The summed E-state index contributed by atoms with van der Waals surface area (Å²) < 4.78 is 31.4. The molecule has 0 aliphatic rings. The minimum absolute atomic E-state index is 0.0166. The number of hydrogen-bond acceptors (Lipinski definition) is 5. The van der Waals surface area contributed by atoms with E-state index in [2.05, 4.69) is 14.4 Å². The lowest BCUT2D eigenvalue weighted by molar-refractivity contribution is -0.140. The van der Waals surface area contributed by atoms with Crippen molar-refractivity contribution in [2.75, 3.05) is 13.7 Å². The quantitative estimate of drug-likeness (QED) is 0.844. The lowest BCUT2D eigenvalue weighted by Crippen LogP contribution is -2.26. The van der Waals surface area contributed by atoms with Gasteiger partial charge in [-0.2, -0.15) is 0 Å². The topological polar surface area (TPSA) is 85.4 Å².